The van der Waals surface area contributed by atoms with E-state index in [2.05, 4.69) is 10.8 Å². The summed E-state index contributed by atoms with van der Waals surface area (Å²) in [7, 11) is 0. The molecule has 5 heteroatoms. The molecule has 130 valence electrons. The zero-order valence-corrected chi connectivity index (χ0v) is 14.6. The smallest absolute Gasteiger partial charge is 0.410 e. The lowest BCUT2D eigenvalue weighted by atomic mass is 9.91. The molecule has 0 radical (unpaired) electrons. The fraction of sp³-hybridized carbons (Fsp3) is 0.833. The number of ether oxygens (including phenoxy) is 1. The number of piperidine rings is 2. The minimum absolute atomic E-state index is 0.217. The molecule has 2 fully saturated rings. The van der Waals surface area contributed by atoms with Gasteiger partial charge in [0.05, 0.1) is 0 Å². The van der Waals surface area contributed by atoms with Gasteiger partial charge in [-0.15, -0.1) is 6.42 Å². The SMILES string of the molecule is C#CC1(F)CCN(CC2CCN(C(=O)OC(C)(C)C)CC2)CC1. The predicted octanol–water partition coefficient (Wildman–Crippen LogP) is 3.07. The van der Waals surface area contributed by atoms with Gasteiger partial charge in [0.2, 0.25) is 0 Å². The van der Waals surface area contributed by atoms with Gasteiger partial charge in [-0.05, 0) is 39.5 Å². The molecule has 0 atom stereocenters. The van der Waals surface area contributed by atoms with Crippen LogP contribution in [-0.2, 0) is 4.74 Å². The quantitative estimate of drug-likeness (QED) is 0.732. The number of amides is 1. The summed E-state index contributed by atoms with van der Waals surface area (Å²) in [5.41, 5.74) is -1.85. The first-order valence-corrected chi connectivity index (χ1v) is 8.58. The Labute approximate surface area is 139 Å². The van der Waals surface area contributed by atoms with E-state index in [1.54, 1.807) is 4.90 Å². The second-order valence-electron chi connectivity index (χ2n) is 7.82. The van der Waals surface area contributed by atoms with E-state index in [0.717, 1.165) is 45.6 Å². The maximum atomic E-state index is 14.0. The van der Waals surface area contributed by atoms with Crippen molar-refractivity contribution in [1.82, 2.24) is 9.80 Å². The first kappa shape index (κ1) is 18.1. The van der Waals surface area contributed by atoms with Gasteiger partial charge in [-0.25, -0.2) is 9.18 Å². The molecule has 0 aromatic carbocycles. The van der Waals surface area contributed by atoms with Gasteiger partial charge in [0, 0.05) is 45.6 Å². The Morgan fingerprint density at radius 3 is 2.30 bits per heavy atom. The first-order chi connectivity index (χ1) is 10.7. The van der Waals surface area contributed by atoms with Crippen LogP contribution in [0.4, 0.5) is 9.18 Å². The molecule has 1 amide bonds. The van der Waals surface area contributed by atoms with Crippen molar-refractivity contribution in [3.05, 3.63) is 0 Å². The highest BCUT2D eigenvalue weighted by molar-refractivity contribution is 5.68. The van der Waals surface area contributed by atoms with Crippen LogP contribution in [0.5, 0.6) is 0 Å². The Hall–Kier alpha value is -1.28. The maximum Gasteiger partial charge on any atom is 0.410 e. The Balaban J connectivity index is 1.72. The molecule has 0 unspecified atom stereocenters. The third kappa shape index (κ3) is 5.39. The van der Waals surface area contributed by atoms with Crippen LogP contribution in [0.1, 0.15) is 46.5 Å². The number of rotatable bonds is 2. The fourth-order valence-corrected chi connectivity index (χ4v) is 3.22. The van der Waals surface area contributed by atoms with E-state index in [4.69, 9.17) is 11.2 Å². The highest BCUT2D eigenvalue weighted by Gasteiger charge is 2.34. The van der Waals surface area contributed by atoms with E-state index in [1.165, 1.54) is 0 Å². The predicted molar refractivity (Wildman–Crippen MR) is 88.9 cm³/mol. The minimum Gasteiger partial charge on any atom is -0.444 e. The monoisotopic (exact) mass is 324 g/mol. The van der Waals surface area contributed by atoms with E-state index in [0.29, 0.717) is 18.8 Å². The zero-order chi connectivity index (χ0) is 17.1. The Bertz CT molecular complexity index is 451. The summed E-state index contributed by atoms with van der Waals surface area (Å²) < 4.78 is 19.4. The first-order valence-electron chi connectivity index (χ1n) is 8.58. The second-order valence-corrected chi connectivity index (χ2v) is 7.82. The molecule has 0 bridgehead atoms. The molecule has 0 aromatic heterocycles. The lowest BCUT2D eigenvalue weighted by molar-refractivity contribution is 0.0154. The molecule has 2 aliphatic rings. The molecule has 0 saturated carbocycles. The van der Waals surface area contributed by atoms with E-state index in [9.17, 15) is 9.18 Å². The van der Waals surface area contributed by atoms with E-state index in [-0.39, 0.29) is 6.09 Å². The van der Waals surface area contributed by atoms with E-state index >= 15 is 0 Å². The number of carbonyl (C=O) groups is 1. The van der Waals surface area contributed by atoms with Crippen LogP contribution >= 0.6 is 0 Å². The average molecular weight is 324 g/mol. The summed E-state index contributed by atoms with van der Waals surface area (Å²) in [6, 6.07) is 0. The molecule has 0 aromatic rings. The number of terminal acetylenes is 1. The molecule has 4 nitrogen and oxygen atoms in total. The van der Waals surface area contributed by atoms with Crippen LogP contribution in [0.2, 0.25) is 0 Å². The van der Waals surface area contributed by atoms with Crippen molar-refractivity contribution < 1.29 is 13.9 Å². The van der Waals surface area contributed by atoms with E-state index < -0.39 is 11.3 Å². The van der Waals surface area contributed by atoms with Crippen LogP contribution in [0.15, 0.2) is 0 Å². The summed E-state index contributed by atoms with van der Waals surface area (Å²) in [5.74, 6) is 2.85. The van der Waals surface area contributed by atoms with Crippen LogP contribution < -0.4 is 0 Å². The molecule has 2 rings (SSSR count). The van der Waals surface area contributed by atoms with Gasteiger partial charge in [-0.3, -0.25) is 0 Å². The number of hydrogen-bond acceptors (Lipinski definition) is 3. The molecule has 0 spiro atoms. The van der Waals surface area contributed by atoms with Crippen molar-refractivity contribution in [1.29, 1.82) is 0 Å². The summed E-state index contributed by atoms with van der Waals surface area (Å²) in [5, 5.41) is 0. The number of halogens is 1. The van der Waals surface area contributed by atoms with E-state index in [1.807, 2.05) is 20.8 Å². The van der Waals surface area contributed by atoms with Gasteiger partial charge in [0.15, 0.2) is 5.67 Å². The largest absolute Gasteiger partial charge is 0.444 e. The Kier molecular flexibility index (Phi) is 5.57. The normalized spacial score (nSPS) is 23.3. The molecule has 0 N–H and O–H groups in total. The third-order valence-electron chi connectivity index (χ3n) is 4.69. The number of nitrogens with zero attached hydrogens (tertiary/aromatic N) is 2. The van der Waals surface area contributed by atoms with Gasteiger partial charge < -0.3 is 14.5 Å². The molecule has 2 saturated heterocycles. The molecule has 2 heterocycles. The molecule has 23 heavy (non-hydrogen) atoms. The van der Waals surface area contributed by atoms with Crippen molar-refractivity contribution in [3.63, 3.8) is 0 Å². The van der Waals surface area contributed by atoms with Crippen LogP contribution in [-0.4, -0.2) is 59.9 Å². The zero-order valence-electron chi connectivity index (χ0n) is 14.6. The Morgan fingerprint density at radius 1 is 1.26 bits per heavy atom. The summed E-state index contributed by atoms with van der Waals surface area (Å²) in [6.07, 6.45) is 7.86. The lowest BCUT2D eigenvalue weighted by Crippen LogP contribution is -2.46. The highest BCUT2D eigenvalue weighted by Crippen LogP contribution is 2.27. The number of likely N-dealkylation sites (tertiary alicyclic amines) is 2. The summed E-state index contributed by atoms with van der Waals surface area (Å²) >= 11 is 0. The number of hydrogen-bond donors (Lipinski definition) is 0. The van der Waals surface area contributed by atoms with Gasteiger partial charge >= 0.3 is 6.09 Å². The van der Waals surface area contributed by atoms with Crippen molar-refractivity contribution >= 4 is 6.09 Å². The highest BCUT2D eigenvalue weighted by atomic mass is 19.1. The van der Waals surface area contributed by atoms with Crippen molar-refractivity contribution in [2.75, 3.05) is 32.7 Å². The molecular weight excluding hydrogens is 295 g/mol. The third-order valence-corrected chi connectivity index (χ3v) is 4.69. The molecule has 2 aliphatic heterocycles. The minimum atomic E-state index is -1.41. The van der Waals surface area contributed by atoms with Gasteiger partial charge in [0.1, 0.15) is 5.60 Å². The van der Waals surface area contributed by atoms with Crippen LogP contribution in [0, 0.1) is 18.3 Å². The summed E-state index contributed by atoms with van der Waals surface area (Å²) in [6.45, 7) is 9.57. The number of alkyl halides is 1. The lowest BCUT2D eigenvalue weighted by Gasteiger charge is -2.38. The van der Waals surface area contributed by atoms with Crippen molar-refractivity contribution in [3.8, 4) is 12.3 Å². The second kappa shape index (κ2) is 7.09. The van der Waals surface area contributed by atoms with Crippen molar-refractivity contribution in [2.45, 2.75) is 57.7 Å². The van der Waals surface area contributed by atoms with Crippen LogP contribution in [0.25, 0.3) is 0 Å². The topological polar surface area (TPSA) is 32.8 Å². The average Bonchev–Trinajstić information content (AvgIpc) is 2.49. The molecule has 0 aliphatic carbocycles. The van der Waals surface area contributed by atoms with Crippen molar-refractivity contribution in [2.24, 2.45) is 5.92 Å². The Morgan fingerprint density at radius 2 is 1.83 bits per heavy atom. The number of carbonyl (C=O) groups excluding carboxylic acids is 1. The molecular formula is C18H29FN2O2. The maximum absolute atomic E-state index is 14.0. The summed E-state index contributed by atoms with van der Waals surface area (Å²) in [4.78, 5) is 16.2. The van der Waals surface area contributed by atoms with Gasteiger partial charge in [-0.2, -0.15) is 0 Å². The van der Waals surface area contributed by atoms with Gasteiger partial charge in [0.25, 0.3) is 0 Å². The fourth-order valence-electron chi connectivity index (χ4n) is 3.22. The van der Waals surface area contributed by atoms with Gasteiger partial charge in [-0.1, -0.05) is 5.92 Å². The standard InChI is InChI=1S/C18H29FN2O2/c1-5-18(19)8-12-20(13-9-18)14-15-6-10-21(11-7-15)16(22)23-17(2,3)4/h1,15H,6-14H2,2-4H3. The van der Waals surface area contributed by atoms with Crippen LogP contribution in [0.3, 0.4) is 0 Å².